The van der Waals surface area contributed by atoms with Gasteiger partial charge in [-0.3, -0.25) is 0 Å². The molecule has 6 heteroatoms. The Bertz CT molecular complexity index is 786. The summed E-state index contributed by atoms with van der Waals surface area (Å²) in [7, 11) is -3.58. The molecule has 1 aliphatic rings. The quantitative estimate of drug-likeness (QED) is 0.865. The van der Waals surface area contributed by atoms with Crippen molar-refractivity contribution in [3.05, 3.63) is 65.2 Å². The molecule has 0 spiro atoms. The van der Waals surface area contributed by atoms with Crippen LogP contribution < -0.4 is 5.73 Å². The van der Waals surface area contributed by atoms with Gasteiger partial charge in [-0.2, -0.15) is 0 Å². The summed E-state index contributed by atoms with van der Waals surface area (Å²) in [6.45, 7) is -0.166. The lowest BCUT2D eigenvalue weighted by Crippen LogP contribution is -2.27. The van der Waals surface area contributed by atoms with Gasteiger partial charge in [0.25, 0.3) is 0 Å². The first-order chi connectivity index (χ1) is 11.0. The maximum Gasteiger partial charge on any atom is 0.182 e. The Morgan fingerprint density at radius 3 is 2.22 bits per heavy atom. The van der Waals surface area contributed by atoms with E-state index in [2.05, 4.69) is 0 Å². The molecule has 3 N–H and O–H groups in total. The van der Waals surface area contributed by atoms with Gasteiger partial charge in [0.05, 0.1) is 16.8 Å². The van der Waals surface area contributed by atoms with Gasteiger partial charge in [-0.1, -0.05) is 41.9 Å². The largest absolute Gasteiger partial charge is 0.396 e. The van der Waals surface area contributed by atoms with Gasteiger partial charge in [-0.05, 0) is 29.8 Å². The number of nitrogens with two attached hydrogens (primary N) is 1. The number of rotatable bonds is 5. The molecule has 1 aliphatic carbocycles. The smallest absolute Gasteiger partial charge is 0.182 e. The molecule has 0 aliphatic heterocycles. The van der Waals surface area contributed by atoms with E-state index < -0.39 is 20.5 Å². The third-order valence-electron chi connectivity index (χ3n) is 4.69. The summed E-state index contributed by atoms with van der Waals surface area (Å²) >= 11 is 5.91. The van der Waals surface area contributed by atoms with Crippen molar-refractivity contribution in [2.24, 2.45) is 11.1 Å². The molecule has 2 aromatic carbocycles. The van der Waals surface area contributed by atoms with E-state index in [0.29, 0.717) is 5.02 Å². The van der Waals surface area contributed by atoms with Gasteiger partial charge < -0.3 is 10.8 Å². The van der Waals surface area contributed by atoms with E-state index in [0.717, 1.165) is 5.56 Å². The van der Waals surface area contributed by atoms with Gasteiger partial charge >= 0.3 is 0 Å². The zero-order valence-corrected chi connectivity index (χ0v) is 14.0. The second-order valence-corrected chi connectivity index (χ2v) is 8.41. The van der Waals surface area contributed by atoms with E-state index in [1.807, 2.05) is 0 Å². The number of hydrogen-bond donors (Lipinski definition) is 2. The highest BCUT2D eigenvalue weighted by Crippen LogP contribution is 2.63. The minimum absolute atomic E-state index is 0.105. The summed E-state index contributed by atoms with van der Waals surface area (Å²) in [6.07, 6.45) is 0. The van der Waals surface area contributed by atoms with Crippen LogP contribution in [0.3, 0.4) is 0 Å². The van der Waals surface area contributed by atoms with E-state index >= 15 is 0 Å². The van der Waals surface area contributed by atoms with Crippen LogP contribution in [-0.2, 0) is 9.84 Å². The van der Waals surface area contributed by atoms with Gasteiger partial charge in [0.2, 0.25) is 0 Å². The average Bonchev–Trinajstić information content (AvgIpc) is 3.27. The van der Waals surface area contributed by atoms with Gasteiger partial charge in [0, 0.05) is 22.9 Å². The van der Waals surface area contributed by atoms with Crippen molar-refractivity contribution in [2.45, 2.75) is 16.1 Å². The fraction of sp³-hybridized carbons (Fsp3) is 0.294. The van der Waals surface area contributed by atoms with Crippen LogP contribution in [0.5, 0.6) is 0 Å². The lowest BCUT2D eigenvalue weighted by molar-refractivity contribution is 0.212. The van der Waals surface area contributed by atoms with Crippen LogP contribution in [0.1, 0.15) is 11.5 Å². The van der Waals surface area contributed by atoms with Crippen molar-refractivity contribution >= 4 is 21.4 Å². The molecule has 0 heterocycles. The summed E-state index contributed by atoms with van der Waals surface area (Å²) in [5.41, 5.74) is 5.84. The summed E-state index contributed by atoms with van der Waals surface area (Å²) in [6, 6.07) is 15.3. The first-order valence-corrected chi connectivity index (χ1v) is 9.25. The van der Waals surface area contributed by atoms with Crippen LogP contribution in [-0.4, -0.2) is 31.9 Å². The van der Waals surface area contributed by atoms with Gasteiger partial charge in [0.15, 0.2) is 9.84 Å². The number of sulfone groups is 1. The van der Waals surface area contributed by atoms with E-state index in [9.17, 15) is 13.5 Å². The zero-order chi connectivity index (χ0) is 16.7. The van der Waals surface area contributed by atoms with Crippen molar-refractivity contribution < 1.29 is 13.5 Å². The Hall–Kier alpha value is -1.40. The number of aliphatic hydroxyl groups is 1. The van der Waals surface area contributed by atoms with E-state index in [1.165, 1.54) is 0 Å². The molecule has 0 aromatic heterocycles. The predicted molar refractivity (Wildman–Crippen MR) is 90.2 cm³/mol. The van der Waals surface area contributed by atoms with Crippen molar-refractivity contribution in [3.8, 4) is 0 Å². The predicted octanol–water partition coefficient (Wildman–Crippen LogP) is 2.22. The molecule has 1 fully saturated rings. The van der Waals surface area contributed by atoms with Crippen LogP contribution in [0.4, 0.5) is 0 Å². The van der Waals surface area contributed by atoms with Gasteiger partial charge in [-0.25, -0.2) is 8.42 Å². The van der Waals surface area contributed by atoms with Gasteiger partial charge in [0.1, 0.15) is 0 Å². The Kier molecular flexibility index (Phi) is 4.23. The number of benzene rings is 2. The molecular formula is C17H18ClNO3S. The van der Waals surface area contributed by atoms with E-state index in [1.54, 1.807) is 54.6 Å². The maximum absolute atomic E-state index is 13.0. The minimum atomic E-state index is -3.58. The highest BCUT2D eigenvalue weighted by Gasteiger charge is 2.70. The minimum Gasteiger partial charge on any atom is -0.396 e. The molecule has 3 atom stereocenters. The highest BCUT2D eigenvalue weighted by atomic mass is 35.5. The Morgan fingerprint density at radius 2 is 1.70 bits per heavy atom. The molecule has 0 unspecified atom stereocenters. The number of aliphatic hydroxyl groups excluding tert-OH is 1. The molecule has 2 aromatic rings. The van der Waals surface area contributed by atoms with Crippen molar-refractivity contribution in [2.75, 3.05) is 13.2 Å². The highest BCUT2D eigenvalue weighted by molar-refractivity contribution is 7.92. The Morgan fingerprint density at radius 1 is 1.09 bits per heavy atom. The average molecular weight is 352 g/mol. The van der Waals surface area contributed by atoms with Crippen molar-refractivity contribution in [1.29, 1.82) is 0 Å². The molecule has 4 nitrogen and oxygen atoms in total. The van der Waals surface area contributed by atoms with Crippen LogP contribution in [0, 0.1) is 5.41 Å². The van der Waals surface area contributed by atoms with Crippen molar-refractivity contribution in [1.82, 2.24) is 0 Å². The normalized spacial score (nSPS) is 26.9. The summed E-state index contributed by atoms with van der Waals surface area (Å²) in [5.74, 6) is -0.333. The molecule has 23 heavy (non-hydrogen) atoms. The van der Waals surface area contributed by atoms with Crippen molar-refractivity contribution in [3.63, 3.8) is 0 Å². The lowest BCUT2D eigenvalue weighted by Gasteiger charge is -2.12. The third-order valence-corrected chi connectivity index (χ3v) is 7.28. The Labute approximate surface area is 140 Å². The fourth-order valence-electron chi connectivity index (χ4n) is 3.37. The van der Waals surface area contributed by atoms with E-state index in [4.69, 9.17) is 17.3 Å². The Balaban J connectivity index is 2.05. The monoisotopic (exact) mass is 351 g/mol. The summed E-state index contributed by atoms with van der Waals surface area (Å²) in [4.78, 5) is 0.257. The fourth-order valence-corrected chi connectivity index (χ4v) is 5.97. The molecule has 3 rings (SSSR count). The molecule has 0 radical (unpaired) electrons. The van der Waals surface area contributed by atoms with Crippen LogP contribution in [0.2, 0.25) is 5.02 Å². The number of halogens is 1. The molecular weight excluding hydrogens is 334 g/mol. The standard InChI is InChI=1S/C17H18ClNO3S/c18-13-8-6-12(7-9-13)15-16(17(15,10-19)11-20)23(21,22)14-4-2-1-3-5-14/h1-9,15-16,20H,10-11,19H2/t15-,16-,17+/m1/s1. The molecule has 1 saturated carbocycles. The second-order valence-electron chi connectivity index (χ2n) is 5.90. The third kappa shape index (κ3) is 2.58. The van der Waals surface area contributed by atoms with Crippen LogP contribution in [0.15, 0.2) is 59.5 Å². The summed E-state index contributed by atoms with van der Waals surface area (Å²) < 4.78 is 26.0. The summed E-state index contributed by atoms with van der Waals surface area (Å²) in [5, 5.41) is 9.71. The zero-order valence-electron chi connectivity index (χ0n) is 12.4. The first kappa shape index (κ1) is 16.5. The molecule has 0 amide bonds. The second kappa shape index (κ2) is 5.91. The van der Waals surface area contributed by atoms with Gasteiger partial charge in [-0.15, -0.1) is 0 Å². The van der Waals surface area contributed by atoms with E-state index in [-0.39, 0.29) is 24.0 Å². The first-order valence-electron chi connectivity index (χ1n) is 7.33. The SMILES string of the molecule is NC[C@]1(CO)[C@H](c2ccc(Cl)cc2)[C@H]1S(=O)(=O)c1ccccc1. The molecule has 0 saturated heterocycles. The molecule has 0 bridgehead atoms. The van der Waals surface area contributed by atoms with Crippen LogP contribution >= 0.6 is 11.6 Å². The topological polar surface area (TPSA) is 80.4 Å². The molecule has 122 valence electrons. The maximum atomic E-state index is 13.0. The number of hydrogen-bond acceptors (Lipinski definition) is 4. The lowest BCUT2D eigenvalue weighted by atomic mass is 10.0. The van der Waals surface area contributed by atoms with Crippen LogP contribution in [0.25, 0.3) is 0 Å².